The van der Waals surface area contributed by atoms with Crippen molar-refractivity contribution in [2.24, 2.45) is 5.92 Å². The molecule has 2 nitrogen and oxygen atoms in total. The van der Waals surface area contributed by atoms with E-state index in [9.17, 15) is 13.6 Å². The monoisotopic (exact) mass is 218 g/mol. The van der Waals surface area contributed by atoms with Crippen LogP contribution in [0.4, 0.5) is 8.78 Å². The van der Waals surface area contributed by atoms with Crippen LogP contribution in [-0.2, 0) is 9.53 Å². The summed E-state index contributed by atoms with van der Waals surface area (Å²) in [5.41, 5.74) is -0.537. The zero-order valence-corrected chi connectivity index (χ0v) is 9.22. The molecule has 0 aliphatic heterocycles. The van der Waals surface area contributed by atoms with Gasteiger partial charge in [0.2, 0.25) is 0 Å². The Bertz CT molecular complexity index is 277. The lowest BCUT2D eigenvalue weighted by Gasteiger charge is -2.17. The van der Waals surface area contributed by atoms with Crippen molar-refractivity contribution >= 4 is 5.97 Å². The van der Waals surface area contributed by atoms with Gasteiger partial charge in [-0.2, -0.15) is 0 Å². The Morgan fingerprint density at radius 2 is 2.07 bits per heavy atom. The number of carbonyl (C=O) groups is 1. The molecule has 0 radical (unpaired) electrons. The van der Waals surface area contributed by atoms with E-state index in [2.05, 4.69) is 0 Å². The van der Waals surface area contributed by atoms with Gasteiger partial charge >= 0.3 is 5.97 Å². The maximum absolute atomic E-state index is 12.4. The summed E-state index contributed by atoms with van der Waals surface area (Å²) < 4.78 is 29.9. The lowest BCUT2D eigenvalue weighted by molar-refractivity contribution is -0.148. The van der Waals surface area contributed by atoms with E-state index in [-0.39, 0.29) is 12.8 Å². The van der Waals surface area contributed by atoms with Crippen molar-refractivity contribution in [1.29, 1.82) is 0 Å². The van der Waals surface area contributed by atoms with Gasteiger partial charge < -0.3 is 4.74 Å². The van der Waals surface area contributed by atoms with E-state index in [1.165, 1.54) is 12.2 Å². The molecule has 1 fully saturated rings. The van der Waals surface area contributed by atoms with Gasteiger partial charge in [0.1, 0.15) is 5.60 Å². The molecule has 0 heterocycles. The van der Waals surface area contributed by atoms with Gasteiger partial charge in [0.25, 0.3) is 5.92 Å². The van der Waals surface area contributed by atoms with Gasteiger partial charge in [0.15, 0.2) is 0 Å². The molecule has 1 aliphatic carbocycles. The van der Waals surface area contributed by atoms with Gasteiger partial charge in [0, 0.05) is 18.4 Å². The lowest BCUT2D eigenvalue weighted by atomic mass is 10.2. The molecule has 0 amide bonds. The molecule has 15 heavy (non-hydrogen) atoms. The third-order valence-electron chi connectivity index (χ3n) is 2.04. The molecule has 86 valence electrons. The highest BCUT2D eigenvalue weighted by Gasteiger charge is 2.55. The normalized spacial score (nSPS) is 24.2. The Morgan fingerprint density at radius 1 is 1.53 bits per heavy atom. The molecule has 0 aromatic rings. The van der Waals surface area contributed by atoms with Gasteiger partial charge in [-0.3, -0.25) is 0 Å². The van der Waals surface area contributed by atoms with Crippen LogP contribution in [0, 0.1) is 5.92 Å². The Morgan fingerprint density at radius 3 is 2.47 bits per heavy atom. The molecule has 1 atom stereocenters. The van der Waals surface area contributed by atoms with E-state index >= 15 is 0 Å². The maximum Gasteiger partial charge on any atom is 0.330 e. The van der Waals surface area contributed by atoms with E-state index in [1.54, 1.807) is 20.8 Å². The molecule has 0 aromatic heterocycles. The van der Waals surface area contributed by atoms with E-state index < -0.39 is 23.4 Å². The molecule has 1 unspecified atom stereocenters. The van der Waals surface area contributed by atoms with Crippen molar-refractivity contribution < 1.29 is 18.3 Å². The SMILES string of the molecule is CC(C)(C)OC(=O)/C=C/CC1CC1(F)F. The van der Waals surface area contributed by atoms with E-state index in [4.69, 9.17) is 4.74 Å². The smallest absolute Gasteiger partial charge is 0.330 e. The van der Waals surface area contributed by atoms with Crippen molar-refractivity contribution in [2.45, 2.75) is 45.1 Å². The largest absolute Gasteiger partial charge is 0.457 e. The summed E-state index contributed by atoms with van der Waals surface area (Å²) in [6.07, 6.45) is 2.86. The quantitative estimate of drug-likeness (QED) is 0.537. The minimum Gasteiger partial charge on any atom is -0.457 e. The average Bonchev–Trinajstić information content (AvgIpc) is 2.54. The number of rotatable bonds is 3. The van der Waals surface area contributed by atoms with Crippen molar-refractivity contribution in [1.82, 2.24) is 0 Å². The van der Waals surface area contributed by atoms with Crippen LogP contribution in [-0.4, -0.2) is 17.5 Å². The standard InChI is InChI=1S/C11H16F2O2/c1-10(2,3)15-9(14)6-4-5-8-7-11(8,12)13/h4,6,8H,5,7H2,1-3H3/b6-4+. The van der Waals surface area contributed by atoms with Crippen LogP contribution < -0.4 is 0 Å². The second-order valence-electron chi connectivity index (χ2n) is 4.83. The number of hydrogen-bond acceptors (Lipinski definition) is 2. The first-order chi connectivity index (χ1) is 6.71. The van der Waals surface area contributed by atoms with Crippen molar-refractivity contribution in [3.05, 3.63) is 12.2 Å². The van der Waals surface area contributed by atoms with Crippen LogP contribution in [0.2, 0.25) is 0 Å². The first-order valence-electron chi connectivity index (χ1n) is 4.98. The van der Waals surface area contributed by atoms with Gasteiger partial charge in [0.05, 0.1) is 0 Å². The number of esters is 1. The fourth-order valence-corrected chi connectivity index (χ4v) is 1.19. The van der Waals surface area contributed by atoms with E-state index in [1.807, 2.05) is 0 Å². The minimum absolute atomic E-state index is 0.0638. The number of hydrogen-bond donors (Lipinski definition) is 0. The van der Waals surface area contributed by atoms with Gasteiger partial charge in [-0.15, -0.1) is 0 Å². The molecular formula is C11H16F2O2. The summed E-state index contributed by atoms with van der Waals surface area (Å²) >= 11 is 0. The average molecular weight is 218 g/mol. The number of carbonyl (C=O) groups excluding carboxylic acids is 1. The first-order valence-corrected chi connectivity index (χ1v) is 4.98. The second-order valence-corrected chi connectivity index (χ2v) is 4.83. The molecule has 4 heteroatoms. The molecular weight excluding hydrogens is 202 g/mol. The number of ether oxygens (including phenoxy) is 1. The van der Waals surface area contributed by atoms with Gasteiger partial charge in [-0.25, -0.2) is 13.6 Å². The molecule has 1 rings (SSSR count). The summed E-state index contributed by atoms with van der Waals surface area (Å²) in [7, 11) is 0. The predicted molar refractivity (Wildman–Crippen MR) is 52.7 cm³/mol. The van der Waals surface area contributed by atoms with Crippen molar-refractivity contribution in [3.8, 4) is 0 Å². The van der Waals surface area contributed by atoms with Crippen LogP contribution >= 0.6 is 0 Å². The maximum atomic E-state index is 12.4. The fourth-order valence-electron chi connectivity index (χ4n) is 1.19. The molecule has 0 N–H and O–H groups in total. The summed E-state index contributed by atoms with van der Waals surface area (Å²) in [6.45, 7) is 5.27. The van der Waals surface area contributed by atoms with Crippen LogP contribution in [0.1, 0.15) is 33.6 Å². The predicted octanol–water partition coefficient (Wildman–Crippen LogP) is 2.93. The van der Waals surface area contributed by atoms with Crippen LogP contribution in [0.15, 0.2) is 12.2 Å². The van der Waals surface area contributed by atoms with Crippen molar-refractivity contribution in [2.75, 3.05) is 0 Å². The number of halogens is 2. The summed E-state index contributed by atoms with van der Waals surface area (Å²) in [4.78, 5) is 11.1. The minimum atomic E-state index is -2.52. The van der Waals surface area contributed by atoms with Crippen molar-refractivity contribution in [3.63, 3.8) is 0 Å². The molecule has 0 spiro atoms. The molecule has 1 aliphatic rings. The molecule has 0 aromatic carbocycles. The third kappa shape index (κ3) is 4.40. The Balaban J connectivity index is 2.24. The van der Waals surface area contributed by atoms with Crippen LogP contribution in [0.25, 0.3) is 0 Å². The molecule has 0 bridgehead atoms. The third-order valence-corrected chi connectivity index (χ3v) is 2.04. The zero-order valence-electron chi connectivity index (χ0n) is 9.22. The summed E-state index contributed by atoms with van der Waals surface area (Å²) in [6, 6.07) is 0. The zero-order chi connectivity index (χ0) is 11.7. The highest BCUT2D eigenvalue weighted by Crippen LogP contribution is 2.50. The lowest BCUT2D eigenvalue weighted by Crippen LogP contribution is -2.22. The highest BCUT2D eigenvalue weighted by molar-refractivity contribution is 5.82. The fraction of sp³-hybridized carbons (Fsp3) is 0.727. The molecule has 0 saturated heterocycles. The summed E-state index contributed by atoms with van der Waals surface area (Å²) in [5, 5.41) is 0. The molecule has 1 saturated carbocycles. The summed E-state index contributed by atoms with van der Waals surface area (Å²) in [5.74, 6) is -3.58. The second kappa shape index (κ2) is 3.91. The van der Waals surface area contributed by atoms with Gasteiger partial charge in [-0.1, -0.05) is 6.08 Å². The Hall–Kier alpha value is -0.930. The number of alkyl halides is 2. The van der Waals surface area contributed by atoms with E-state index in [0.29, 0.717) is 0 Å². The first kappa shape index (κ1) is 12.1. The highest BCUT2D eigenvalue weighted by atomic mass is 19.3. The Kier molecular flexibility index (Phi) is 3.16. The Labute approximate surface area is 88.3 Å². The van der Waals surface area contributed by atoms with Crippen LogP contribution in [0.5, 0.6) is 0 Å². The van der Waals surface area contributed by atoms with Crippen LogP contribution in [0.3, 0.4) is 0 Å². The number of allylic oxidation sites excluding steroid dienone is 1. The van der Waals surface area contributed by atoms with Gasteiger partial charge in [-0.05, 0) is 27.2 Å². The topological polar surface area (TPSA) is 26.3 Å². The van der Waals surface area contributed by atoms with E-state index in [0.717, 1.165) is 0 Å².